The molecule has 1 aliphatic carbocycles. The normalized spacial score (nSPS) is 30.2. The molecule has 1 aliphatic rings. The summed E-state index contributed by atoms with van der Waals surface area (Å²) in [6.07, 6.45) is 3.83. The summed E-state index contributed by atoms with van der Waals surface area (Å²) in [6.45, 7) is 7.79. The number of nitrogens with two attached hydrogens (primary N) is 1. The molecular weight excluding hydrogens is 160 g/mol. The Bertz CT molecular complexity index is 139. The van der Waals surface area contributed by atoms with Crippen molar-refractivity contribution in [2.24, 2.45) is 17.6 Å². The van der Waals surface area contributed by atoms with Gasteiger partial charge in [0.25, 0.3) is 0 Å². The van der Waals surface area contributed by atoms with E-state index in [9.17, 15) is 0 Å². The summed E-state index contributed by atoms with van der Waals surface area (Å²) >= 11 is 0. The Labute approximate surface area is 82.3 Å². The van der Waals surface area contributed by atoms with E-state index in [4.69, 9.17) is 5.73 Å². The van der Waals surface area contributed by atoms with E-state index in [1.165, 1.54) is 12.8 Å². The largest absolute Gasteiger partial charge is 0.327 e. The number of rotatable bonds is 5. The molecule has 0 aromatic rings. The maximum Gasteiger partial charge on any atom is 0.00739 e. The quantitative estimate of drug-likeness (QED) is 0.683. The molecule has 78 valence electrons. The van der Waals surface area contributed by atoms with Gasteiger partial charge in [0.15, 0.2) is 0 Å². The molecule has 0 aliphatic heterocycles. The SMILES string of the molecule is CC1CC(NCCC(N)C(C)C)C1. The third-order valence-corrected chi connectivity index (χ3v) is 3.14. The highest BCUT2D eigenvalue weighted by Crippen LogP contribution is 2.26. The van der Waals surface area contributed by atoms with E-state index in [0.717, 1.165) is 24.9 Å². The van der Waals surface area contributed by atoms with Crippen LogP contribution in [0, 0.1) is 11.8 Å². The van der Waals surface area contributed by atoms with E-state index in [0.29, 0.717) is 12.0 Å². The van der Waals surface area contributed by atoms with Crippen molar-refractivity contribution in [2.45, 2.75) is 52.1 Å². The minimum atomic E-state index is 0.366. The second kappa shape index (κ2) is 4.97. The van der Waals surface area contributed by atoms with Crippen molar-refractivity contribution in [3.8, 4) is 0 Å². The second-order valence-electron chi connectivity index (χ2n) is 4.92. The molecule has 0 spiro atoms. The Hall–Kier alpha value is -0.0800. The van der Waals surface area contributed by atoms with Gasteiger partial charge in [0.1, 0.15) is 0 Å². The van der Waals surface area contributed by atoms with Crippen LogP contribution in [0.2, 0.25) is 0 Å². The van der Waals surface area contributed by atoms with Gasteiger partial charge in [-0.05, 0) is 37.6 Å². The molecule has 1 rings (SSSR count). The van der Waals surface area contributed by atoms with Gasteiger partial charge < -0.3 is 11.1 Å². The van der Waals surface area contributed by atoms with Crippen molar-refractivity contribution in [2.75, 3.05) is 6.54 Å². The van der Waals surface area contributed by atoms with Gasteiger partial charge in [-0.3, -0.25) is 0 Å². The second-order valence-corrected chi connectivity index (χ2v) is 4.92. The lowest BCUT2D eigenvalue weighted by molar-refractivity contribution is 0.238. The van der Waals surface area contributed by atoms with Crippen molar-refractivity contribution in [3.63, 3.8) is 0 Å². The molecule has 0 radical (unpaired) electrons. The van der Waals surface area contributed by atoms with Crippen molar-refractivity contribution in [1.82, 2.24) is 5.32 Å². The van der Waals surface area contributed by atoms with Crippen LogP contribution in [0.3, 0.4) is 0 Å². The fourth-order valence-electron chi connectivity index (χ4n) is 1.86. The molecule has 0 saturated heterocycles. The first kappa shape index (κ1) is 11.0. The number of hydrogen-bond acceptors (Lipinski definition) is 2. The molecule has 0 aromatic heterocycles. The van der Waals surface area contributed by atoms with E-state index >= 15 is 0 Å². The monoisotopic (exact) mass is 184 g/mol. The number of hydrogen-bond donors (Lipinski definition) is 2. The standard InChI is InChI=1S/C11H24N2/c1-8(2)11(12)4-5-13-10-6-9(3)7-10/h8-11,13H,4-7,12H2,1-3H3. The molecule has 0 amide bonds. The van der Waals surface area contributed by atoms with E-state index in [2.05, 4.69) is 26.1 Å². The highest BCUT2D eigenvalue weighted by atomic mass is 14.9. The lowest BCUT2D eigenvalue weighted by Crippen LogP contribution is -2.42. The van der Waals surface area contributed by atoms with Crippen molar-refractivity contribution in [3.05, 3.63) is 0 Å². The van der Waals surface area contributed by atoms with E-state index in [1.807, 2.05) is 0 Å². The summed E-state index contributed by atoms with van der Waals surface area (Å²) in [7, 11) is 0. The van der Waals surface area contributed by atoms with Gasteiger partial charge in [-0.1, -0.05) is 20.8 Å². The Morgan fingerprint density at radius 2 is 2.00 bits per heavy atom. The molecule has 13 heavy (non-hydrogen) atoms. The van der Waals surface area contributed by atoms with Gasteiger partial charge in [0.05, 0.1) is 0 Å². The lowest BCUT2D eigenvalue weighted by Gasteiger charge is -2.33. The summed E-state index contributed by atoms with van der Waals surface area (Å²) in [5.74, 6) is 1.55. The van der Waals surface area contributed by atoms with Crippen molar-refractivity contribution in [1.29, 1.82) is 0 Å². The van der Waals surface area contributed by atoms with Crippen LogP contribution in [0.25, 0.3) is 0 Å². The van der Waals surface area contributed by atoms with Gasteiger partial charge in [0, 0.05) is 12.1 Å². The van der Waals surface area contributed by atoms with Gasteiger partial charge in [-0.15, -0.1) is 0 Å². The molecule has 0 heterocycles. The minimum Gasteiger partial charge on any atom is -0.327 e. The summed E-state index contributed by atoms with van der Waals surface area (Å²) in [4.78, 5) is 0. The van der Waals surface area contributed by atoms with E-state index in [1.54, 1.807) is 0 Å². The summed E-state index contributed by atoms with van der Waals surface area (Å²) in [6, 6.07) is 1.15. The Kier molecular flexibility index (Phi) is 4.20. The predicted molar refractivity (Wildman–Crippen MR) is 57.6 cm³/mol. The van der Waals surface area contributed by atoms with Crippen LogP contribution in [-0.4, -0.2) is 18.6 Å². The maximum atomic E-state index is 5.95. The Morgan fingerprint density at radius 1 is 1.38 bits per heavy atom. The molecule has 2 heteroatoms. The first-order valence-electron chi connectivity index (χ1n) is 5.58. The van der Waals surface area contributed by atoms with E-state index in [-0.39, 0.29) is 0 Å². The summed E-state index contributed by atoms with van der Waals surface area (Å²) in [5, 5.41) is 3.56. The smallest absolute Gasteiger partial charge is 0.00739 e. The van der Waals surface area contributed by atoms with Crippen LogP contribution in [0.15, 0.2) is 0 Å². The van der Waals surface area contributed by atoms with Crippen molar-refractivity contribution < 1.29 is 0 Å². The van der Waals surface area contributed by atoms with Crippen LogP contribution in [0.4, 0.5) is 0 Å². The zero-order chi connectivity index (χ0) is 9.84. The minimum absolute atomic E-state index is 0.366. The molecular formula is C11H24N2. The van der Waals surface area contributed by atoms with E-state index < -0.39 is 0 Å². The number of nitrogens with one attached hydrogen (secondary N) is 1. The Morgan fingerprint density at radius 3 is 2.46 bits per heavy atom. The predicted octanol–water partition coefficient (Wildman–Crippen LogP) is 1.75. The van der Waals surface area contributed by atoms with Crippen LogP contribution in [0.5, 0.6) is 0 Å². The first-order chi connectivity index (χ1) is 6.09. The van der Waals surface area contributed by atoms with Gasteiger partial charge >= 0.3 is 0 Å². The molecule has 3 N–H and O–H groups in total. The molecule has 0 bridgehead atoms. The molecule has 0 aromatic carbocycles. The molecule has 1 atom stereocenters. The first-order valence-corrected chi connectivity index (χ1v) is 5.58. The van der Waals surface area contributed by atoms with Crippen LogP contribution in [-0.2, 0) is 0 Å². The van der Waals surface area contributed by atoms with Crippen LogP contribution >= 0.6 is 0 Å². The van der Waals surface area contributed by atoms with Crippen LogP contribution < -0.4 is 11.1 Å². The summed E-state index contributed by atoms with van der Waals surface area (Å²) in [5.41, 5.74) is 5.95. The average molecular weight is 184 g/mol. The third-order valence-electron chi connectivity index (χ3n) is 3.14. The Balaban J connectivity index is 1.95. The molecule has 1 unspecified atom stereocenters. The topological polar surface area (TPSA) is 38.0 Å². The van der Waals surface area contributed by atoms with Gasteiger partial charge in [0.2, 0.25) is 0 Å². The highest BCUT2D eigenvalue weighted by molar-refractivity contribution is 4.82. The average Bonchev–Trinajstić information content (AvgIpc) is 2.00. The molecule has 1 saturated carbocycles. The zero-order valence-electron chi connectivity index (χ0n) is 9.22. The van der Waals surface area contributed by atoms with Gasteiger partial charge in [-0.2, -0.15) is 0 Å². The molecule has 2 nitrogen and oxygen atoms in total. The zero-order valence-corrected chi connectivity index (χ0v) is 9.22. The van der Waals surface area contributed by atoms with Crippen LogP contribution in [0.1, 0.15) is 40.0 Å². The molecule has 1 fully saturated rings. The fraction of sp³-hybridized carbons (Fsp3) is 1.00. The maximum absolute atomic E-state index is 5.95. The van der Waals surface area contributed by atoms with Crippen molar-refractivity contribution >= 4 is 0 Å². The lowest BCUT2D eigenvalue weighted by atomic mass is 9.82. The fourth-order valence-corrected chi connectivity index (χ4v) is 1.86. The highest BCUT2D eigenvalue weighted by Gasteiger charge is 2.24. The summed E-state index contributed by atoms with van der Waals surface area (Å²) < 4.78 is 0. The van der Waals surface area contributed by atoms with Gasteiger partial charge in [-0.25, -0.2) is 0 Å². The third kappa shape index (κ3) is 3.65.